The number of ether oxygens (including phenoxy) is 1. The van der Waals surface area contributed by atoms with Gasteiger partial charge in [-0.25, -0.2) is 0 Å². The summed E-state index contributed by atoms with van der Waals surface area (Å²) >= 11 is 0. The Balaban J connectivity index is 1.63. The highest BCUT2D eigenvalue weighted by molar-refractivity contribution is 5.27. The van der Waals surface area contributed by atoms with Crippen molar-refractivity contribution in [3.8, 4) is 5.75 Å². The predicted octanol–water partition coefficient (Wildman–Crippen LogP) is 3.19. The van der Waals surface area contributed by atoms with Gasteiger partial charge >= 0.3 is 6.61 Å². The van der Waals surface area contributed by atoms with E-state index >= 15 is 0 Å². The third-order valence-corrected chi connectivity index (χ3v) is 3.74. The number of nitrogens with zero attached hydrogens (tertiary/aromatic N) is 3. The average molecular weight is 307 g/mol. The van der Waals surface area contributed by atoms with Crippen molar-refractivity contribution in [2.24, 2.45) is 7.05 Å². The highest BCUT2D eigenvalue weighted by Gasteiger charge is 2.29. The van der Waals surface area contributed by atoms with Crippen LogP contribution in [0, 0.1) is 0 Å². The molecule has 1 aliphatic carbocycles. The second kappa shape index (κ2) is 6.44. The number of hydrogen-bond acceptors (Lipinski definition) is 3. The Hall–Kier alpha value is -1.95. The molecule has 2 aromatic rings. The molecular weight excluding hydrogens is 288 g/mol. The van der Waals surface area contributed by atoms with Crippen molar-refractivity contribution in [2.75, 3.05) is 0 Å². The molecule has 4 nitrogen and oxygen atoms in total. The van der Waals surface area contributed by atoms with Crippen LogP contribution in [0.3, 0.4) is 0 Å². The summed E-state index contributed by atoms with van der Waals surface area (Å²) in [5.41, 5.74) is 2.28. The van der Waals surface area contributed by atoms with E-state index in [2.05, 4.69) is 14.7 Å². The van der Waals surface area contributed by atoms with Crippen LogP contribution < -0.4 is 4.74 Å². The zero-order valence-corrected chi connectivity index (χ0v) is 12.5. The van der Waals surface area contributed by atoms with Crippen molar-refractivity contribution >= 4 is 0 Å². The fraction of sp³-hybridized carbons (Fsp3) is 0.438. The second-order valence-corrected chi connectivity index (χ2v) is 5.68. The lowest BCUT2D eigenvalue weighted by molar-refractivity contribution is -0.0498. The summed E-state index contributed by atoms with van der Waals surface area (Å²) in [7, 11) is 1.91. The third-order valence-electron chi connectivity index (χ3n) is 3.74. The number of halogens is 2. The maximum absolute atomic E-state index is 12.2. The first-order valence-electron chi connectivity index (χ1n) is 7.35. The summed E-state index contributed by atoms with van der Waals surface area (Å²) in [6, 6.07) is 7.48. The molecule has 1 aliphatic rings. The molecule has 0 atom stereocenters. The van der Waals surface area contributed by atoms with Crippen molar-refractivity contribution < 1.29 is 13.5 Å². The molecule has 0 bridgehead atoms. The van der Waals surface area contributed by atoms with Gasteiger partial charge < -0.3 is 4.74 Å². The van der Waals surface area contributed by atoms with Crippen molar-refractivity contribution in [1.82, 2.24) is 14.7 Å². The molecule has 0 spiro atoms. The van der Waals surface area contributed by atoms with Crippen LogP contribution >= 0.6 is 0 Å². The average Bonchev–Trinajstić information content (AvgIpc) is 3.24. The van der Waals surface area contributed by atoms with Gasteiger partial charge in [0.05, 0.1) is 6.20 Å². The van der Waals surface area contributed by atoms with Crippen LogP contribution in [0.15, 0.2) is 36.7 Å². The summed E-state index contributed by atoms with van der Waals surface area (Å²) in [5.74, 6) is 0.198. The molecule has 6 heteroatoms. The molecule has 1 aromatic carbocycles. The quantitative estimate of drug-likeness (QED) is 0.787. The lowest BCUT2D eigenvalue weighted by atomic mass is 10.2. The van der Waals surface area contributed by atoms with E-state index in [0.717, 1.165) is 18.7 Å². The zero-order valence-electron chi connectivity index (χ0n) is 12.5. The molecule has 1 fully saturated rings. The molecule has 3 rings (SSSR count). The number of aryl methyl sites for hydroxylation is 1. The summed E-state index contributed by atoms with van der Waals surface area (Å²) in [4.78, 5) is 2.40. The Morgan fingerprint density at radius 2 is 1.91 bits per heavy atom. The Morgan fingerprint density at radius 1 is 1.23 bits per heavy atom. The molecule has 0 aliphatic heterocycles. The van der Waals surface area contributed by atoms with Crippen LogP contribution in [0.2, 0.25) is 0 Å². The van der Waals surface area contributed by atoms with Gasteiger partial charge in [0, 0.05) is 37.9 Å². The predicted molar refractivity (Wildman–Crippen MR) is 78.6 cm³/mol. The first kappa shape index (κ1) is 15.0. The number of alkyl halides is 2. The maximum Gasteiger partial charge on any atom is 0.387 e. The summed E-state index contributed by atoms with van der Waals surface area (Å²) in [6.07, 6.45) is 6.34. The van der Waals surface area contributed by atoms with Gasteiger partial charge in [-0.1, -0.05) is 12.1 Å². The molecular formula is C16H19F2N3O. The second-order valence-electron chi connectivity index (χ2n) is 5.68. The maximum atomic E-state index is 12.2. The van der Waals surface area contributed by atoms with E-state index in [4.69, 9.17) is 0 Å². The normalized spacial score (nSPS) is 14.8. The first-order valence-corrected chi connectivity index (χ1v) is 7.35. The topological polar surface area (TPSA) is 30.3 Å². The molecule has 1 aromatic heterocycles. The van der Waals surface area contributed by atoms with Crippen LogP contribution in [0.1, 0.15) is 24.0 Å². The Morgan fingerprint density at radius 3 is 2.45 bits per heavy atom. The first-order chi connectivity index (χ1) is 10.6. The number of rotatable bonds is 7. The molecule has 118 valence electrons. The van der Waals surface area contributed by atoms with E-state index < -0.39 is 6.61 Å². The van der Waals surface area contributed by atoms with Crippen molar-refractivity contribution in [3.63, 3.8) is 0 Å². The van der Waals surface area contributed by atoms with E-state index in [1.54, 1.807) is 16.8 Å². The van der Waals surface area contributed by atoms with Gasteiger partial charge in [-0.05, 0) is 30.5 Å². The van der Waals surface area contributed by atoms with Gasteiger partial charge in [0.2, 0.25) is 0 Å². The van der Waals surface area contributed by atoms with Gasteiger partial charge in [0.1, 0.15) is 5.75 Å². The van der Waals surface area contributed by atoms with Gasteiger partial charge in [0.15, 0.2) is 0 Å². The molecule has 1 heterocycles. The van der Waals surface area contributed by atoms with Gasteiger partial charge in [-0.15, -0.1) is 0 Å². The van der Waals surface area contributed by atoms with Crippen molar-refractivity contribution in [3.05, 3.63) is 47.8 Å². The molecule has 0 saturated heterocycles. The summed E-state index contributed by atoms with van der Waals surface area (Å²) < 4.78 is 30.5. The minimum atomic E-state index is -2.78. The zero-order chi connectivity index (χ0) is 15.5. The minimum absolute atomic E-state index is 0.198. The lowest BCUT2D eigenvalue weighted by Gasteiger charge is -2.21. The molecule has 22 heavy (non-hydrogen) atoms. The van der Waals surface area contributed by atoms with Crippen LogP contribution in [0.5, 0.6) is 5.75 Å². The number of benzene rings is 1. The van der Waals surface area contributed by atoms with E-state index in [0.29, 0.717) is 6.04 Å². The lowest BCUT2D eigenvalue weighted by Crippen LogP contribution is -2.24. The molecule has 0 unspecified atom stereocenters. The molecule has 0 radical (unpaired) electrons. The van der Waals surface area contributed by atoms with E-state index in [1.165, 1.54) is 18.4 Å². The third kappa shape index (κ3) is 4.04. The highest BCUT2D eigenvalue weighted by Crippen LogP contribution is 2.30. The van der Waals surface area contributed by atoms with Crippen LogP contribution in [-0.2, 0) is 20.1 Å². The van der Waals surface area contributed by atoms with E-state index in [1.807, 2.05) is 31.6 Å². The minimum Gasteiger partial charge on any atom is -0.435 e. The SMILES string of the molecule is Cn1cc(CN(Cc2ccc(OC(F)F)cc2)C2CC2)cn1. The van der Waals surface area contributed by atoms with E-state index in [-0.39, 0.29) is 5.75 Å². The summed E-state index contributed by atoms with van der Waals surface area (Å²) in [5, 5.41) is 4.20. The van der Waals surface area contributed by atoms with Crippen LogP contribution in [-0.4, -0.2) is 27.3 Å². The standard InChI is InChI=1S/C16H19F2N3O/c1-20-9-13(8-19-20)11-21(14-4-5-14)10-12-2-6-15(7-3-12)22-16(17)18/h2-3,6-9,14,16H,4-5,10-11H2,1H3. The largest absolute Gasteiger partial charge is 0.435 e. The Kier molecular flexibility index (Phi) is 4.38. The van der Waals surface area contributed by atoms with Gasteiger partial charge in [-0.2, -0.15) is 13.9 Å². The highest BCUT2D eigenvalue weighted by atomic mass is 19.3. The van der Waals surface area contributed by atoms with Crippen LogP contribution in [0.25, 0.3) is 0 Å². The van der Waals surface area contributed by atoms with Gasteiger partial charge in [-0.3, -0.25) is 9.58 Å². The monoisotopic (exact) mass is 307 g/mol. The molecule has 1 saturated carbocycles. The number of aromatic nitrogens is 2. The van der Waals surface area contributed by atoms with Crippen molar-refractivity contribution in [2.45, 2.75) is 38.6 Å². The Labute approximate surface area is 128 Å². The Bertz CT molecular complexity index is 608. The fourth-order valence-corrected chi connectivity index (χ4v) is 2.55. The smallest absolute Gasteiger partial charge is 0.387 e. The van der Waals surface area contributed by atoms with Gasteiger partial charge in [0.25, 0.3) is 0 Å². The number of hydrogen-bond donors (Lipinski definition) is 0. The fourth-order valence-electron chi connectivity index (χ4n) is 2.55. The van der Waals surface area contributed by atoms with Crippen LogP contribution in [0.4, 0.5) is 8.78 Å². The molecule has 0 N–H and O–H groups in total. The molecule has 0 amide bonds. The van der Waals surface area contributed by atoms with Crippen molar-refractivity contribution in [1.29, 1.82) is 0 Å². The summed E-state index contributed by atoms with van der Waals surface area (Å²) in [6.45, 7) is -1.12. The van der Waals surface area contributed by atoms with E-state index in [9.17, 15) is 8.78 Å².